The highest BCUT2D eigenvalue weighted by Gasteiger charge is 2.01. The lowest BCUT2D eigenvalue weighted by Gasteiger charge is -2.05. The largest absolute Gasteiger partial charge is 0.468 e. The van der Waals surface area contributed by atoms with E-state index in [2.05, 4.69) is 15.4 Å². The van der Waals surface area contributed by atoms with Crippen molar-refractivity contribution in [3.05, 3.63) is 0 Å². The predicted molar refractivity (Wildman–Crippen MR) is 43.1 cm³/mol. The first-order chi connectivity index (χ1) is 5.70. The third-order valence-corrected chi connectivity index (χ3v) is 1.02. The fourth-order valence-corrected chi connectivity index (χ4v) is 0.465. The van der Waals surface area contributed by atoms with Crippen LogP contribution < -0.4 is 10.6 Å². The van der Waals surface area contributed by atoms with Crippen LogP contribution in [-0.4, -0.2) is 39.4 Å². The predicted octanol–water partition coefficient (Wildman–Crippen LogP) is -0.487. The van der Waals surface area contributed by atoms with E-state index >= 15 is 0 Å². The normalized spacial score (nSPS) is 8.83. The van der Waals surface area contributed by atoms with Gasteiger partial charge in [0.2, 0.25) is 0 Å². The summed E-state index contributed by atoms with van der Waals surface area (Å²) in [6.45, 7) is 0.840. The molecular weight excluding hydrogens is 162 g/mol. The van der Waals surface area contributed by atoms with Gasteiger partial charge in [-0.2, -0.15) is 0 Å². The molecule has 6 nitrogen and oxygen atoms in total. The minimum Gasteiger partial charge on any atom is -0.468 e. The second-order valence-electron chi connectivity index (χ2n) is 1.91. The van der Waals surface area contributed by atoms with E-state index in [4.69, 9.17) is 10.1 Å². The number of carbonyl (C=O) groups is 1. The lowest BCUT2D eigenvalue weighted by Crippen LogP contribution is -2.40. The van der Waals surface area contributed by atoms with Crippen molar-refractivity contribution < 1.29 is 14.3 Å². The summed E-state index contributed by atoms with van der Waals surface area (Å²) in [5, 5.41) is 11.5. The highest BCUT2D eigenvalue weighted by molar-refractivity contribution is 5.91. The molecule has 2 amide bonds. The van der Waals surface area contributed by atoms with Gasteiger partial charge >= 0.3 is 6.03 Å². The molecule has 0 fully saturated rings. The van der Waals surface area contributed by atoms with Crippen molar-refractivity contribution in [2.75, 3.05) is 27.4 Å². The number of ether oxygens (including phenoxy) is 2. The molecule has 0 aromatic carbocycles. The second kappa shape index (κ2) is 6.41. The highest BCUT2D eigenvalue weighted by atomic mass is 16.5. The van der Waals surface area contributed by atoms with Gasteiger partial charge in [-0.3, -0.25) is 10.7 Å². The maximum Gasteiger partial charge on any atom is 0.322 e. The third kappa shape index (κ3) is 5.48. The molecule has 0 aliphatic carbocycles. The monoisotopic (exact) mass is 175 g/mol. The van der Waals surface area contributed by atoms with Gasteiger partial charge in [-0.1, -0.05) is 0 Å². The first kappa shape index (κ1) is 10.7. The second-order valence-corrected chi connectivity index (χ2v) is 1.91. The standard InChI is InChI=1S/C6H13N3O3/c1-11-4-3-8-6(10)9-5(7)12-2/h3-4H2,1-2H3,(H3,7,8,9,10). The molecular formula is C6H13N3O3. The summed E-state index contributed by atoms with van der Waals surface area (Å²) in [4.78, 5) is 10.8. The molecule has 12 heavy (non-hydrogen) atoms. The van der Waals surface area contributed by atoms with Crippen LogP contribution in [0.4, 0.5) is 4.79 Å². The zero-order chi connectivity index (χ0) is 9.40. The molecule has 0 aromatic heterocycles. The molecule has 0 bridgehead atoms. The molecule has 0 aromatic rings. The average Bonchev–Trinajstić information content (AvgIpc) is 2.05. The molecule has 0 aliphatic heterocycles. The molecule has 0 saturated heterocycles. The number of rotatable bonds is 3. The van der Waals surface area contributed by atoms with E-state index in [1.165, 1.54) is 14.2 Å². The molecule has 0 spiro atoms. The van der Waals surface area contributed by atoms with Crippen LogP contribution in [-0.2, 0) is 9.47 Å². The van der Waals surface area contributed by atoms with Crippen LogP contribution in [0, 0.1) is 5.41 Å². The number of hydrogen-bond donors (Lipinski definition) is 3. The molecule has 0 rings (SSSR count). The van der Waals surface area contributed by atoms with Crippen molar-refractivity contribution in [2.45, 2.75) is 0 Å². The van der Waals surface area contributed by atoms with E-state index in [0.29, 0.717) is 13.2 Å². The van der Waals surface area contributed by atoms with Crippen LogP contribution in [0.15, 0.2) is 0 Å². The summed E-state index contributed by atoms with van der Waals surface area (Å²) in [5.41, 5.74) is 0. The Morgan fingerprint density at radius 3 is 2.67 bits per heavy atom. The number of hydrogen-bond acceptors (Lipinski definition) is 4. The Morgan fingerprint density at radius 2 is 2.17 bits per heavy atom. The van der Waals surface area contributed by atoms with Gasteiger partial charge in [0.1, 0.15) is 0 Å². The van der Waals surface area contributed by atoms with Crippen LogP contribution >= 0.6 is 0 Å². The Morgan fingerprint density at radius 1 is 1.50 bits per heavy atom. The van der Waals surface area contributed by atoms with Gasteiger partial charge in [0.15, 0.2) is 0 Å². The Hall–Kier alpha value is -1.30. The van der Waals surface area contributed by atoms with Gasteiger partial charge in [0.25, 0.3) is 6.02 Å². The quantitative estimate of drug-likeness (QED) is 0.307. The third-order valence-electron chi connectivity index (χ3n) is 1.02. The van der Waals surface area contributed by atoms with Gasteiger partial charge in [-0.15, -0.1) is 0 Å². The lowest BCUT2D eigenvalue weighted by atomic mass is 10.7. The van der Waals surface area contributed by atoms with Gasteiger partial charge in [0, 0.05) is 13.7 Å². The molecule has 0 aliphatic rings. The van der Waals surface area contributed by atoms with Crippen LogP contribution in [0.5, 0.6) is 0 Å². The van der Waals surface area contributed by atoms with E-state index in [0.717, 1.165) is 0 Å². The summed E-state index contributed by atoms with van der Waals surface area (Å²) in [5.74, 6) is 0. The van der Waals surface area contributed by atoms with Crippen molar-refractivity contribution in [3.63, 3.8) is 0 Å². The molecule has 0 atom stereocenters. The van der Waals surface area contributed by atoms with Crippen molar-refractivity contribution in [2.24, 2.45) is 0 Å². The maximum atomic E-state index is 10.8. The van der Waals surface area contributed by atoms with Gasteiger partial charge < -0.3 is 14.8 Å². The van der Waals surface area contributed by atoms with Crippen molar-refractivity contribution in [1.82, 2.24) is 10.6 Å². The zero-order valence-corrected chi connectivity index (χ0v) is 7.14. The first-order valence-electron chi connectivity index (χ1n) is 3.37. The smallest absolute Gasteiger partial charge is 0.322 e. The number of amidine groups is 1. The fourth-order valence-electron chi connectivity index (χ4n) is 0.465. The molecule has 0 heterocycles. The van der Waals surface area contributed by atoms with E-state index in [9.17, 15) is 4.79 Å². The molecule has 6 heteroatoms. The van der Waals surface area contributed by atoms with Crippen molar-refractivity contribution >= 4 is 12.1 Å². The molecule has 0 saturated carbocycles. The zero-order valence-electron chi connectivity index (χ0n) is 7.14. The molecule has 0 radical (unpaired) electrons. The summed E-state index contributed by atoms with van der Waals surface area (Å²) >= 11 is 0. The maximum absolute atomic E-state index is 10.8. The SMILES string of the molecule is COCCNC(=O)NC(=N)OC. The molecule has 0 unspecified atom stereocenters. The summed E-state index contributed by atoms with van der Waals surface area (Å²) in [6.07, 6.45) is 0. The van der Waals surface area contributed by atoms with Crippen LogP contribution in [0.25, 0.3) is 0 Å². The Kier molecular flexibility index (Phi) is 5.72. The summed E-state index contributed by atoms with van der Waals surface area (Å²) < 4.78 is 9.10. The van der Waals surface area contributed by atoms with Gasteiger partial charge in [-0.05, 0) is 0 Å². The van der Waals surface area contributed by atoms with E-state index in [1.54, 1.807) is 0 Å². The van der Waals surface area contributed by atoms with Crippen molar-refractivity contribution in [3.8, 4) is 0 Å². The molecule has 3 N–H and O–H groups in total. The summed E-state index contributed by atoms with van der Waals surface area (Å²) in [7, 11) is 2.84. The van der Waals surface area contributed by atoms with Crippen LogP contribution in [0.1, 0.15) is 0 Å². The highest BCUT2D eigenvalue weighted by Crippen LogP contribution is 1.70. The van der Waals surface area contributed by atoms with Gasteiger partial charge in [0.05, 0.1) is 13.7 Å². The van der Waals surface area contributed by atoms with Gasteiger partial charge in [-0.25, -0.2) is 4.79 Å². The van der Waals surface area contributed by atoms with Crippen molar-refractivity contribution in [1.29, 1.82) is 5.41 Å². The number of methoxy groups -OCH3 is 2. The Balaban J connectivity index is 3.40. The fraction of sp³-hybridized carbons (Fsp3) is 0.667. The summed E-state index contributed by atoms with van der Waals surface area (Å²) in [6, 6.07) is -0.760. The van der Waals surface area contributed by atoms with E-state index in [1.807, 2.05) is 0 Å². The topological polar surface area (TPSA) is 83.4 Å². The number of amides is 2. The van der Waals surface area contributed by atoms with E-state index < -0.39 is 6.03 Å². The minimum absolute atomic E-state index is 0.287. The number of carbonyl (C=O) groups excluding carboxylic acids is 1. The number of urea groups is 1. The van der Waals surface area contributed by atoms with Crippen LogP contribution in [0.2, 0.25) is 0 Å². The molecule has 70 valence electrons. The first-order valence-corrected chi connectivity index (χ1v) is 3.37. The van der Waals surface area contributed by atoms with Crippen LogP contribution in [0.3, 0.4) is 0 Å². The average molecular weight is 175 g/mol. The lowest BCUT2D eigenvalue weighted by molar-refractivity contribution is 0.196. The van der Waals surface area contributed by atoms with E-state index in [-0.39, 0.29) is 6.02 Å². The Bertz CT molecular complexity index is 160. The Labute approximate surface area is 70.7 Å². The minimum atomic E-state index is -0.473. The number of nitrogens with one attached hydrogen (secondary N) is 3.